The summed E-state index contributed by atoms with van der Waals surface area (Å²) >= 11 is 0. The molecule has 5 nitrogen and oxygen atoms in total. The van der Waals surface area contributed by atoms with Gasteiger partial charge in [0.15, 0.2) is 0 Å². The number of hydrogen-bond acceptors (Lipinski definition) is 3. The van der Waals surface area contributed by atoms with Gasteiger partial charge < -0.3 is 15.2 Å². The molecule has 104 valence electrons. The van der Waals surface area contributed by atoms with Crippen LogP contribution in [0.15, 0.2) is 0 Å². The van der Waals surface area contributed by atoms with E-state index in [1.807, 2.05) is 6.92 Å². The highest BCUT2D eigenvalue weighted by molar-refractivity contribution is 5.81. The average molecular weight is 257 g/mol. The van der Waals surface area contributed by atoms with Crippen molar-refractivity contribution < 1.29 is 19.4 Å². The van der Waals surface area contributed by atoms with E-state index in [2.05, 4.69) is 5.32 Å². The number of carboxylic acid groups (broad SMARTS) is 1. The molecule has 18 heavy (non-hydrogen) atoms. The summed E-state index contributed by atoms with van der Waals surface area (Å²) in [6.07, 6.45) is 2.99. The minimum Gasteiger partial charge on any atom is -0.480 e. The van der Waals surface area contributed by atoms with Gasteiger partial charge in [-0.15, -0.1) is 0 Å². The van der Waals surface area contributed by atoms with Crippen LogP contribution in [0.5, 0.6) is 0 Å². The van der Waals surface area contributed by atoms with Gasteiger partial charge in [0, 0.05) is 0 Å². The zero-order valence-electron chi connectivity index (χ0n) is 11.6. The lowest BCUT2D eigenvalue weighted by atomic mass is 9.80. The third kappa shape index (κ3) is 3.89. The zero-order valence-corrected chi connectivity index (χ0v) is 11.6. The maximum absolute atomic E-state index is 11.7. The first-order valence-electron chi connectivity index (χ1n) is 6.36. The molecule has 0 spiro atoms. The predicted molar refractivity (Wildman–Crippen MR) is 67.4 cm³/mol. The second-order valence-corrected chi connectivity index (χ2v) is 6.28. The molecule has 0 aliphatic heterocycles. The van der Waals surface area contributed by atoms with Gasteiger partial charge in [0.25, 0.3) is 0 Å². The standard InChI is InChI=1S/C13H23NO4/c1-12(2,3)18-11(17)14-9(10(15)16)13(4)7-5-6-8-13/h9H,5-8H2,1-4H3,(H,14,17)(H,15,16)/t9-/m0/s1. The van der Waals surface area contributed by atoms with Crippen LogP contribution >= 0.6 is 0 Å². The molecule has 1 atom stereocenters. The molecule has 1 fully saturated rings. The van der Waals surface area contributed by atoms with E-state index >= 15 is 0 Å². The average Bonchev–Trinajstić information content (AvgIpc) is 2.59. The number of carbonyl (C=O) groups excluding carboxylic acids is 1. The van der Waals surface area contributed by atoms with Crippen molar-refractivity contribution in [3.05, 3.63) is 0 Å². The van der Waals surface area contributed by atoms with E-state index < -0.39 is 23.7 Å². The lowest BCUT2D eigenvalue weighted by Crippen LogP contribution is -2.51. The number of aliphatic carboxylic acids is 1. The van der Waals surface area contributed by atoms with Crippen LogP contribution in [-0.2, 0) is 9.53 Å². The highest BCUT2D eigenvalue weighted by atomic mass is 16.6. The SMILES string of the molecule is CC(C)(C)OC(=O)N[C@@H](C(=O)O)C1(C)CCCC1. The Kier molecular flexibility index (Phi) is 4.24. The number of carbonyl (C=O) groups is 2. The van der Waals surface area contributed by atoms with Gasteiger partial charge in [-0.05, 0) is 39.0 Å². The highest BCUT2D eigenvalue weighted by Crippen LogP contribution is 2.40. The summed E-state index contributed by atoms with van der Waals surface area (Å²) in [5, 5.41) is 11.8. The second kappa shape index (κ2) is 5.16. The molecule has 1 saturated carbocycles. The van der Waals surface area contributed by atoms with Crippen LogP contribution in [0.2, 0.25) is 0 Å². The molecular weight excluding hydrogens is 234 g/mol. The van der Waals surface area contributed by atoms with Crippen molar-refractivity contribution >= 4 is 12.1 Å². The minimum atomic E-state index is -0.995. The maximum Gasteiger partial charge on any atom is 0.408 e. The Hall–Kier alpha value is -1.26. The number of amides is 1. The van der Waals surface area contributed by atoms with E-state index in [1.165, 1.54) is 0 Å². The molecule has 0 aromatic heterocycles. The third-order valence-electron chi connectivity index (χ3n) is 3.35. The molecule has 1 rings (SSSR count). The van der Waals surface area contributed by atoms with Crippen molar-refractivity contribution in [2.75, 3.05) is 0 Å². The monoisotopic (exact) mass is 257 g/mol. The summed E-state index contributed by atoms with van der Waals surface area (Å²) in [5.41, 5.74) is -0.994. The fourth-order valence-corrected chi connectivity index (χ4v) is 2.43. The van der Waals surface area contributed by atoms with Gasteiger partial charge in [-0.2, -0.15) is 0 Å². The van der Waals surface area contributed by atoms with Crippen LogP contribution in [0, 0.1) is 5.41 Å². The number of ether oxygens (including phenoxy) is 1. The normalized spacial score (nSPS) is 20.2. The third-order valence-corrected chi connectivity index (χ3v) is 3.35. The van der Waals surface area contributed by atoms with Crippen LogP contribution in [0.1, 0.15) is 53.4 Å². The highest BCUT2D eigenvalue weighted by Gasteiger charge is 2.42. The van der Waals surface area contributed by atoms with E-state index in [0.29, 0.717) is 0 Å². The number of hydrogen-bond donors (Lipinski definition) is 2. The molecular formula is C13H23NO4. The second-order valence-electron chi connectivity index (χ2n) is 6.28. The van der Waals surface area contributed by atoms with Crippen LogP contribution < -0.4 is 5.32 Å². The van der Waals surface area contributed by atoms with Gasteiger partial charge >= 0.3 is 12.1 Å². The predicted octanol–water partition coefficient (Wildman–Crippen LogP) is 2.54. The summed E-state index contributed by atoms with van der Waals surface area (Å²) in [6, 6.07) is -0.880. The lowest BCUT2D eigenvalue weighted by molar-refractivity contribution is -0.142. The number of rotatable bonds is 3. The molecule has 0 aromatic rings. The topological polar surface area (TPSA) is 75.6 Å². The Labute approximate surface area is 108 Å². The molecule has 0 aromatic carbocycles. The summed E-state index contributed by atoms with van der Waals surface area (Å²) in [6.45, 7) is 7.16. The lowest BCUT2D eigenvalue weighted by Gasteiger charge is -2.32. The summed E-state index contributed by atoms with van der Waals surface area (Å²) in [5.74, 6) is -0.995. The Morgan fingerprint density at radius 1 is 1.28 bits per heavy atom. The van der Waals surface area contributed by atoms with E-state index in [0.717, 1.165) is 25.7 Å². The van der Waals surface area contributed by atoms with Gasteiger partial charge in [-0.3, -0.25) is 0 Å². The van der Waals surface area contributed by atoms with Gasteiger partial charge in [0.1, 0.15) is 11.6 Å². The summed E-state index contributed by atoms with van der Waals surface area (Å²) in [4.78, 5) is 23.0. The molecule has 0 heterocycles. The summed E-state index contributed by atoms with van der Waals surface area (Å²) in [7, 11) is 0. The van der Waals surface area contributed by atoms with Gasteiger partial charge in [0.05, 0.1) is 0 Å². The molecule has 0 bridgehead atoms. The molecule has 1 aliphatic carbocycles. The first-order chi connectivity index (χ1) is 8.14. The van der Waals surface area contributed by atoms with Crippen LogP contribution in [0.4, 0.5) is 4.79 Å². The quantitative estimate of drug-likeness (QED) is 0.814. The molecule has 1 amide bonds. The van der Waals surface area contributed by atoms with E-state index in [4.69, 9.17) is 4.74 Å². The number of alkyl carbamates (subject to hydrolysis) is 1. The van der Waals surface area contributed by atoms with E-state index in [-0.39, 0.29) is 5.41 Å². The number of nitrogens with one attached hydrogen (secondary N) is 1. The van der Waals surface area contributed by atoms with Crippen molar-refractivity contribution in [1.82, 2.24) is 5.32 Å². The van der Waals surface area contributed by atoms with Gasteiger partial charge in [-0.25, -0.2) is 9.59 Å². The van der Waals surface area contributed by atoms with Crippen LogP contribution in [0.3, 0.4) is 0 Å². The minimum absolute atomic E-state index is 0.372. The Bertz CT molecular complexity index is 326. The van der Waals surface area contributed by atoms with Crippen molar-refractivity contribution in [2.45, 2.75) is 65.0 Å². The fraction of sp³-hybridized carbons (Fsp3) is 0.846. The van der Waals surface area contributed by atoms with Gasteiger partial charge in [-0.1, -0.05) is 19.8 Å². The largest absolute Gasteiger partial charge is 0.480 e. The van der Waals surface area contributed by atoms with Crippen molar-refractivity contribution in [1.29, 1.82) is 0 Å². The first-order valence-corrected chi connectivity index (χ1v) is 6.36. The maximum atomic E-state index is 11.7. The zero-order chi connectivity index (χ0) is 14.0. The molecule has 5 heteroatoms. The fourth-order valence-electron chi connectivity index (χ4n) is 2.43. The molecule has 1 aliphatic rings. The smallest absolute Gasteiger partial charge is 0.408 e. The van der Waals surface area contributed by atoms with Crippen molar-refractivity contribution in [3.8, 4) is 0 Å². The van der Waals surface area contributed by atoms with Gasteiger partial charge in [0.2, 0.25) is 0 Å². The van der Waals surface area contributed by atoms with Crippen molar-refractivity contribution in [3.63, 3.8) is 0 Å². The van der Waals surface area contributed by atoms with Crippen molar-refractivity contribution in [2.24, 2.45) is 5.41 Å². The molecule has 2 N–H and O–H groups in total. The molecule has 0 radical (unpaired) electrons. The van der Waals surface area contributed by atoms with Crippen LogP contribution in [0.25, 0.3) is 0 Å². The first kappa shape index (κ1) is 14.8. The molecule has 0 saturated heterocycles. The van der Waals surface area contributed by atoms with Crippen LogP contribution in [-0.4, -0.2) is 28.8 Å². The Morgan fingerprint density at radius 2 is 1.78 bits per heavy atom. The molecule has 0 unspecified atom stereocenters. The summed E-state index contributed by atoms with van der Waals surface area (Å²) < 4.78 is 5.11. The van der Waals surface area contributed by atoms with E-state index in [1.54, 1.807) is 20.8 Å². The Morgan fingerprint density at radius 3 is 2.17 bits per heavy atom. The van der Waals surface area contributed by atoms with E-state index in [9.17, 15) is 14.7 Å². The Balaban J connectivity index is 2.70. The number of carboxylic acids is 1.